The van der Waals surface area contributed by atoms with Gasteiger partial charge in [-0.15, -0.1) is 0 Å². The van der Waals surface area contributed by atoms with Crippen LogP contribution in [0.2, 0.25) is 0 Å². The van der Waals surface area contributed by atoms with Crippen LogP contribution in [0.15, 0.2) is 47.6 Å². The van der Waals surface area contributed by atoms with E-state index in [0.717, 1.165) is 10.0 Å². The Labute approximate surface area is 161 Å². The number of aromatic nitrogens is 2. The molecule has 0 saturated carbocycles. The average Bonchev–Trinajstić information content (AvgIpc) is 3.01. The Balaban J connectivity index is 2.37. The van der Waals surface area contributed by atoms with Crippen LogP contribution in [0.5, 0.6) is 5.75 Å². The fraction of sp³-hybridized carbons (Fsp3) is 0.211. The third kappa shape index (κ3) is 3.38. The van der Waals surface area contributed by atoms with Crippen LogP contribution in [0, 0.1) is 18.6 Å². The molecule has 2 heterocycles. The van der Waals surface area contributed by atoms with E-state index in [1.165, 1.54) is 37.7 Å². The molecule has 3 rings (SSSR count). The van der Waals surface area contributed by atoms with Crippen LogP contribution < -0.4 is 10.1 Å². The molecule has 1 N–H and O–H groups in total. The highest BCUT2D eigenvalue weighted by molar-refractivity contribution is 7.90. The Hall–Kier alpha value is -2.78. The van der Waals surface area contributed by atoms with E-state index in [0.29, 0.717) is 17.3 Å². The van der Waals surface area contributed by atoms with Gasteiger partial charge in [-0.3, -0.25) is 4.98 Å². The minimum atomic E-state index is -4.12. The minimum Gasteiger partial charge on any atom is -0.494 e. The third-order valence-electron chi connectivity index (χ3n) is 4.25. The lowest BCUT2D eigenvalue weighted by molar-refractivity contribution is 0.411. The molecule has 0 radical (unpaired) electrons. The highest BCUT2D eigenvalue weighted by Gasteiger charge is 2.29. The zero-order chi connectivity index (χ0) is 20.5. The maximum Gasteiger partial charge on any atom is 0.270 e. The van der Waals surface area contributed by atoms with Crippen molar-refractivity contribution >= 4 is 10.0 Å². The van der Waals surface area contributed by atoms with Crippen LogP contribution >= 0.6 is 0 Å². The molecule has 1 aromatic carbocycles. The number of nitrogens with one attached hydrogen (secondary N) is 1. The molecule has 0 unspecified atom stereocenters. The van der Waals surface area contributed by atoms with Crippen LogP contribution in [-0.4, -0.2) is 31.5 Å². The second-order valence-electron chi connectivity index (χ2n) is 6.08. The van der Waals surface area contributed by atoms with Crippen LogP contribution in [0.25, 0.3) is 11.3 Å². The van der Waals surface area contributed by atoms with E-state index >= 15 is 0 Å². The van der Waals surface area contributed by atoms with Crippen LogP contribution in [0.1, 0.15) is 11.3 Å². The predicted octanol–water partition coefficient (Wildman–Crippen LogP) is 3.10. The highest BCUT2D eigenvalue weighted by atomic mass is 32.2. The summed E-state index contributed by atoms with van der Waals surface area (Å²) >= 11 is 0. The summed E-state index contributed by atoms with van der Waals surface area (Å²) in [4.78, 5) is 4.01. The second kappa shape index (κ2) is 7.69. The zero-order valence-electron chi connectivity index (χ0n) is 15.5. The molecule has 28 heavy (non-hydrogen) atoms. The van der Waals surface area contributed by atoms with E-state index in [4.69, 9.17) is 4.74 Å². The van der Waals surface area contributed by atoms with Crippen molar-refractivity contribution in [1.29, 1.82) is 0 Å². The topological polar surface area (TPSA) is 73.2 Å². The van der Waals surface area contributed by atoms with Gasteiger partial charge >= 0.3 is 0 Å². The Kier molecular flexibility index (Phi) is 5.48. The van der Waals surface area contributed by atoms with Gasteiger partial charge in [-0.1, -0.05) is 0 Å². The molecule has 0 saturated heterocycles. The van der Waals surface area contributed by atoms with Crippen molar-refractivity contribution in [2.45, 2.75) is 18.4 Å². The van der Waals surface area contributed by atoms with Crippen LogP contribution in [0.3, 0.4) is 0 Å². The molecular formula is C19H19F2N3O3S. The van der Waals surface area contributed by atoms with Gasteiger partial charge in [0.15, 0.2) is 0 Å². The van der Waals surface area contributed by atoms with Crippen LogP contribution in [0.4, 0.5) is 8.78 Å². The van der Waals surface area contributed by atoms with E-state index in [2.05, 4.69) is 10.3 Å². The van der Waals surface area contributed by atoms with Gasteiger partial charge in [0.2, 0.25) is 0 Å². The first-order chi connectivity index (χ1) is 13.3. The summed E-state index contributed by atoms with van der Waals surface area (Å²) in [5, 5.41) is 2.92. The number of ether oxygens (including phenoxy) is 1. The van der Waals surface area contributed by atoms with Crippen LogP contribution in [-0.2, 0) is 16.6 Å². The number of halogens is 2. The summed E-state index contributed by atoms with van der Waals surface area (Å²) in [7, 11) is -1.06. The summed E-state index contributed by atoms with van der Waals surface area (Å²) in [6, 6.07) is 5.88. The molecule has 148 valence electrons. The number of benzene rings is 1. The first kappa shape index (κ1) is 20.0. The van der Waals surface area contributed by atoms with Gasteiger partial charge in [-0.2, -0.15) is 0 Å². The highest BCUT2D eigenvalue weighted by Crippen LogP contribution is 2.39. The van der Waals surface area contributed by atoms with E-state index in [-0.39, 0.29) is 28.4 Å². The van der Waals surface area contributed by atoms with E-state index < -0.39 is 21.7 Å². The van der Waals surface area contributed by atoms with Crippen molar-refractivity contribution in [2.75, 3.05) is 14.2 Å². The smallest absolute Gasteiger partial charge is 0.270 e. The molecule has 0 aliphatic rings. The lowest BCUT2D eigenvalue weighted by atomic mass is 10.1. The molecule has 6 nitrogen and oxygen atoms in total. The Morgan fingerprint density at radius 1 is 1.25 bits per heavy atom. The van der Waals surface area contributed by atoms with Gasteiger partial charge in [-0.05, 0) is 38.2 Å². The van der Waals surface area contributed by atoms with E-state index in [1.807, 2.05) is 0 Å². The third-order valence-corrected chi connectivity index (χ3v) is 6.05. The fourth-order valence-electron chi connectivity index (χ4n) is 3.02. The number of methoxy groups -OCH3 is 1. The van der Waals surface area contributed by atoms with Crippen molar-refractivity contribution < 1.29 is 21.9 Å². The predicted molar refractivity (Wildman–Crippen MR) is 101 cm³/mol. The van der Waals surface area contributed by atoms with Crippen molar-refractivity contribution in [3.05, 3.63) is 65.6 Å². The summed E-state index contributed by atoms with van der Waals surface area (Å²) < 4.78 is 61.1. The number of hydrogen-bond acceptors (Lipinski definition) is 5. The Bertz CT molecular complexity index is 1130. The maximum atomic E-state index is 14.6. The van der Waals surface area contributed by atoms with Gasteiger partial charge in [0, 0.05) is 36.1 Å². The van der Waals surface area contributed by atoms with E-state index in [9.17, 15) is 17.2 Å². The summed E-state index contributed by atoms with van der Waals surface area (Å²) in [6.07, 6.45) is 2.85. The quantitative estimate of drug-likeness (QED) is 0.680. The maximum absolute atomic E-state index is 14.6. The Morgan fingerprint density at radius 3 is 2.61 bits per heavy atom. The molecule has 0 aliphatic carbocycles. The van der Waals surface area contributed by atoms with Gasteiger partial charge < -0.3 is 10.1 Å². The molecule has 2 aromatic heterocycles. The zero-order valence-corrected chi connectivity index (χ0v) is 16.3. The molecule has 0 aliphatic heterocycles. The molecule has 0 atom stereocenters. The molecule has 3 aromatic rings. The number of hydrogen-bond donors (Lipinski definition) is 1. The molecule has 0 amide bonds. The number of rotatable bonds is 6. The van der Waals surface area contributed by atoms with Crippen molar-refractivity contribution in [3.8, 4) is 17.0 Å². The SMILES string of the molecule is CNCc1cn(S(=O)(=O)c2cccnc2C)c(-c2ccc(F)cc2F)c1OC. The largest absolute Gasteiger partial charge is 0.494 e. The fourth-order valence-corrected chi connectivity index (χ4v) is 4.60. The van der Waals surface area contributed by atoms with Gasteiger partial charge in [-0.25, -0.2) is 21.2 Å². The second-order valence-corrected chi connectivity index (χ2v) is 7.86. The first-order valence-corrected chi connectivity index (χ1v) is 9.80. The van der Waals surface area contributed by atoms with Gasteiger partial charge in [0.05, 0.1) is 12.8 Å². The molecule has 0 fully saturated rings. The van der Waals surface area contributed by atoms with E-state index in [1.54, 1.807) is 14.0 Å². The molecular weight excluding hydrogens is 388 g/mol. The Morgan fingerprint density at radius 2 is 2.00 bits per heavy atom. The molecule has 0 spiro atoms. The molecule has 0 bridgehead atoms. The normalized spacial score (nSPS) is 11.6. The van der Waals surface area contributed by atoms with Gasteiger partial charge in [0.25, 0.3) is 10.0 Å². The first-order valence-electron chi connectivity index (χ1n) is 8.36. The molecule has 9 heteroatoms. The van der Waals surface area contributed by atoms with Crippen molar-refractivity contribution in [2.24, 2.45) is 0 Å². The number of aryl methyl sites for hydroxylation is 1. The monoisotopic (exact) mass is 407 g/mol. The van der Waals surface area contributed by atoms with Gasteiger partial charge in [0.1, 0.15) is 28.0 Å². The number of pyridine rings is 1. The lowest BCUT2D eigenvalue weighted by Crippen LogP contribution is -2.15. The summed E-state index contributed by atoms with van der Waals surface area (Å²) in [6.45, 7) is 1.85. The summed E-state index contributed by atoms with van der Waals surface area (Å²) in [5.41, 5.74) is 0.698. The minimum absolute atomic E-state index is 0.0199. The summed E-state index contributed by atoms with van der Waals surface area (Å²) in [5.74, 6) is -1.48. The standard InChI is InChI=1S/C19H19F2N3O3S/c1-12-17(5-4-8-23-12)28(25,26)24-11-13(10-22-2)19(27-3)18(24)15-7-6-14(20)9-16(15)21/h4-9,11,22H,10H2,1-3H3. The lowest BCUT2D eigenvalue weighted by Gasteiger charge is -2.14. The van der Waals surface area contributed by atoms with Crippen molar-refractivity contribution in [3.63, 3.8) is 0 Å². The van der Waals surface area contributed by atoms with Crippen molar-refractivity contribution in [1.82, 2.24) is 14.3 Å². The average molecular weight is 407 g/mol. The number of nitrogens with zero attached hydrogens (tertiary/aromatic N) is 2.